The SMILES string of the molecule is C/C(=C\c1ccc(CO)o1)CC[C@H]1OB(O)C[C@H]2C1=C(COc1ccccc1)C[C@H]1C(=O)N(Cc3cccs3)C(=O)[C@H]12. The van der Waals surface area contributed by atoms with Crippen LogP contribution in [0.5, 0.6) is 5.75 Å². The molecule has 10 heteroatoms. The molecule has 218 valence electrons. The van der Waals surface area contributed by atoms with Crippen molar-refractivity contribution in [2.24, 2.45) is 17.8 Å². The van der Waals surface area contributed by atoms with E-state index in [-0.39, 0.29) is 43.8 Å². The highest BCUT2D eigenvalue weighted by Gasteiger charge is 2.57. The first-order valence-corrected chi connectivity index (χ1v) is 15.3. The predicted octanol–water partition coefficient (Wildman–Crippen LogP) is 5.09. The van der Waals surface area contributed by atoms with Crippen LogP contribution in [0.1, 0.15) is 42.6 Å². The summed E-state index contributed by atoms with van der Waals surface area (Å²) in [4.78, 5) is 29.9. The lowest BCUT2D eigenvalue weighted by Crippen LogP contribution is -2.46. The summed E-state index contributed by atoms with van der Waals surface area (Å²) in [7, 11) is -1.03. The molecule has 0 radical (unpaired) electrons. The number of benzene rings is 1. The molecule has 4 atom stereocenters. The maximum Gasteiger partial charge on any atom is 0.455 e. The Morgan fingerprint density at radius 3 is 2.69 bits per heavy atom. The lowest BCUT2D eigenvalue weighted by atomic mass is 9.58. The molecule has 3 aromatic rings. The van der Waals surface area contributed by atoms with E-state index in [9.17, 15) is 19.7 Å². The number of carbonyl (C=O) groups excluding carboxylic acids is 2. The van der Waals surface area contributed by atoms with Crippen molar-refractivity contribution in [3.05, 3.63) is 93.1 Å². The first-order chi connectivity index (χ1) is 20.4. The molecule has 8 nitrogen and oxygen atoms in total. The Morgan fingerprint density at radius 2 is 1.95 bits per heavy atom. The van der Waals surface area contributed by atoms with E-state index < -0.39 is 25.1 Å². The van der Waals surface area contributed by atoms with Crippen LogP contribution in [0, 0.1) is 17.8 Å². The highest BCUT2D eigenvalue weighted by molar-refractivity contribution is 7.09. The molecule has 2 fully saturated rings. The van der Waals surface area contributed by atoms with Gasteiger partial charge in [0.25, 0.3) is 0 Å². The molecule has 1 aliphatic carbocycles. The van der Waals surface area contributed by atoms with Gasteiger partial charge in [0.1, 0.15) is 30.5 Å². The summed E-state index contributed by atoms with van der Waals surface area (Å²) in [5, 5.41) is 22.1. The van der Waals surface area contributed by atoms with E-state index >= 15 is 0 Å². The van der Waals surface area contributed by atoms with E-state index in [1.165, 1.54) is 16.2 Å². The fraction of sp³-hybridized carbons (Fsp3) is 0.375. The highest BCUT2D eigenvalue weighted by Crippen LogP contribution is 2.51. The van der Waals surface area contributed by atoms with Crippen LogP contribution in [0.15, 0.2) is 81.1 Å². The number of rotatable bonds is 10. The van der Waals surface area contributed by atoms with Gasteiger partial charge in [-0.25, -0.2) is 0 Å². The molecule has 6 rings (SSSR count). The first-order valence-electron chi connectivity index (χ1n) is 14.4. The minimum absolute atomic E-state index is 0.147. The number of nitrogens with zero attached hydrogens (tertiary/aromatic N) is 1. The Hall–Kier alpha value is -3.44. The van der Waals surface area contributed by atoms with Gasteiger partial charge in [-0.05, 0) is 91.4 Å². The molecule has 2 saturated heterocycles. The number of hydrogen-bond donors (Lipinski definition) is 2. The number of carbonyl (C=O) groups is 2. The summed E-state index contributed by atoms with van der Waals surface area (Å²) in [6, 6.07) is 17.0. The van der Waals surface area contributed by atoms with Crippen molar-refractivity contribution in [1.82, 2.24) is 4.90 Å². The number of ether oxygens (including phenoxy) is 1. The van der Waals surface area contributed by atoms with Gasteiger partial charge >= 0.3 is 7.12 Å². The third kappa shape index (κ3) is 5.90. The number of para-hydroxylation sites is 1. The molecule has 3 aliphatic rings. The standard InChI is InChI=1S/C32H34BNO7S/c1-20(14-23-10-11-24(18-35)40-23)9-12-28-29-21(19-39-22-6-3-2-4-7-22)15-26-30(27(29)16-33(38)41-28)32(37)34(31(26)36)17-25-8-5-13-42-25/h2-8,10-11,13-14,26-28,30,35,38H,9,12,15-19H2,1H3/b20-14+/t26-,27+,28-,30-/m1/s1. The topological polar surface area (TPSA) is 109 Å². The maximum absolute atomic E-state index is 13.8. The summed E-state index contributed by atoms with van der Waals surface area (Å²) in [5.74, 6) is 0.278. The second-order valence-electron chi connectivity index (χ2n) is 11.3. The monoisotopic (exact) mass is 587 g/mol. The summed E-state index contributed by atoms with van der Waals surface area (Å²) in [5.41, 5.74) is 3.02. The van der Waals surface area contributed by atoms with Crippen LogP contribution in [0.3, 0.4) is 0 Å². The molecule has 0 unspecified atom stereocenters. The summed E-state index contributed by atoms with van der Waals surface area (Å²) < 4.78 is 17.9. The van der Waals surface area contributed by atoms with Crippen molar-refractivity contribution in [3.8, 4) is 5.75 Å². The van der Waals surface area contributed by atoms with Crippen LogP contribution >= 0.6 is 11.3 Å². The van der Waals surface area contributed by atoms with Gasteiger partial charge in [-0.1, -0.05) is 29.8 Å². The smallest absolute Gasteiger partial charge is 0.455 e. The zero-order valence-electron chi connectivity index (χ0n) is 23.5. The van der Waals surface area contributed by atoms with Gasteiger partial charge in [0.05, 0.1) is 24.5 Å². The number of hydrogen-bond acceptors (Lipinski definition) is 8. The Bertz CT molecular complexity index is 1480. The minimum atomic E-state index is -1.03. The van der Waals surface area contributed by atoms with Crippen molar-refractivity contribution in [1.29, 1.82) is 0 Å². The zero-order valence-corrected chi connectivity index (χ0v) is 24.3. The number of likely N-dealkylation sites (tertiary alicyclic amines) is 1. The van der Waals surface area contributed by atoms with E-state index in [1.54, 1.807) is 6.07 Å². The van der Waals surface area contributed by atoms with E-state index in [0.29, 0.717) is 30.8 Å². The Morgan fingerprint density at radius 1 is 1.12 bits per heavy atom. The van der Waals surface area contributed by atoms with Gasteiger partial charge in [-0.15, -0.1) is 11.3 Å². The van der Waals surface area contributed by atoms with Gasteiger partial charge in [0, 0.05) is 4.88 Å². The molecular weight excluding hydrogens is 553 g/mol. The number of thiophene rings is 1. The molecule has 2 aliphatic heterocycles. The van der Waals surface area contributed by atoms with Gasteiger partial charge in [0.2, 0.25) is 11.8 Å². The lowest BCUT2D eigenvalue weighted by Gasteiger charge is -2.43. The third-order valence-corrected chi connectivity index (χ3v) is 9.34. The molecule has 2 amide bonds. The van der Waals surface area contributed by atoms with Crippen molar-refractivity contribution >= 4 is 36.3 Å². The average molecular weight is 588 g/mol. The van der Waals surface area contributed by atoms with Crippen molar-refractivity contribution in [2.45, 2.75) is 51.8 Å². The van der Waals surface area contributed by atoms with Crippen molar-refractivity contribution < 1.29 is 33.5 Å². The number of furan rings is 1. The normalized spacial score (nSPS) is 24.3. The van der Waals surface area contributed by atoms with Crippen molar-refractivity contribution in [3.63, 3.8) is 0 Å². The largest absolute Gasteiger partial charge is 0.489 e. The van der Waals surface area contributed by atoms with Crippen LogP contribution < -0.4 is 4.74 Å². The highest BCUT2D eigenvalue weighted by atomic mass is 32.1. The number of aliphatic hydroxyl groups is 1. The van der Waals surface area contributed by atoms with E-state index in [2.05, 4.69) is 0 Å². The Labute approximate surface area is 249 Å². The number of imide groups is 1. The maximum atomic E-state index is 13.8. The van der Waals surface area contributed by atoms with Crippen LogP contribution in [-0.2, 0) is 27.4 Å². The third-order valence-electron chi connectivity index (χ3n) is 8.48. The molecule has 0 saturated carbocycles. The molecule has 0 bridgehead atoms. The summed E-state index contributed by atoms with van der Waals surface area (Å²) >= 11 is 1.53. The van der Waals surface area contributed by atoms with Gasteiger partial charge in [-0.3, -0.25) is 14.5 Å². The van der Waals surface area contributed by atoms with Gasteiger partial charge in [0.15, 0.2) is 0 Å². The second-order valence-corrected chi connectivity index (χ2v) is 12.3. The van der Waals surface area contributed by atoms with Crippen LogP contribution in [-0.4, -0.2) is 46.7 Å². The number of allylic oxidation sites excluding steroid dienone is 1. The van der Waals surface area contributed by atoms with Crippen LogP contribution in [0.25, 0.3) is 6.08 Å². The molecule has 4 heterocycles. The van der Waals surface area contributed by atoms with Gasteiger partial charge in [-0.2, -0.15) is 0 Å². The van der Waals surface area contributed by atoms with Crippen LogP contribution in [0.4, 0.5) is 0 Å². The first kappa shape index (κ1) is 28.7. The van der Waals surface area contributed by atoms with E-state index in [4.69, 9.17) is 13.8 Å². The Kier molecular flexibility index (Phi) is 8.49. The Balaban J connectivity index is 1.28. The quantitative estimate of drug-likeness (QED) is 0.193. The molecule has 42 heavy (non-hydrogen) atoms. The van der Waals surface area contributed by atoms with E-state index in [1.807, 2.05) is 66.9 Å². The molecule has 2 N–H and O–H groups in total. The number of amides is 2. The zero-order chi connectivity index (χ0) is 29.2. The fourth-order valence-corrected chi connectivity index (χ4v) is 7.29. The van der Waals surface area contributed by atoms with Gasteiger partial charge < -0.3 is 23.9 Å². The average Bonchev–Trinajstić information content (AvgIpc) is 3.73. The molecule has 2 aromatic heterocycles. The minimum Gasteiger partial charge on any atom is -0.489 e. The van der Waals surface area contributed by atoms with Crippen LogP contribution in [0.2, 0.25) is 6.32 Å². The van der Waals surface area contributed by atoms with Crippen molar-refractivity contribution in [2.75, 3.05) is 6.61 Å². The molecule has 1 aromatic carbocycles. The molecular formula is C32H34BNO7S. The lowest BCUT2D eigenvalue weighted by molar-refractivity contribution is -0.140. The predicted molar refractivity (Wildman–Crippen MR) is 159 cm³/mol. The number of aliphatic hydroxyl groups excluding tert-OH is 1. The molecule has 0 spiro atoms. The number of fused-ring (bicyclic) bond motifs is 3. The van der Waals surface area contributed by atoms with E-state index in [0.717, 1.165) is 27.3 Å². The fourth-order valence-electron chi connectivity index (χ4n) is 6.59. The summed E-state index contributed by atoms with van der Waals surface area (Å²) in [6.45, 7) is 2.41. The summed E-state index contributed by atoms with van der Waals surface area (Å²) in [6.07, 6.45) is 3.46. The second kappa shape index (κ2) is 12.4.